The molecule has 0 bridgehead atoms. The van der Waals surface area contributed by atoms with Crippen molar-refractivity contribution < 1.29 is 52.3 Å². The quantitative estimate of drug-likeness (QED) is 0.115. The van der Waals surface area contributed by atoms with Gasteiger partial charge in [0.25, 0.3) is 0 Å². The molecule has 53 heavy (non-hydrogen) atoms. The minimum Gasteiger partial charge on any atom is -0.459 e. The molecule has 4 aromatic rings. The highest BCUT2D eigenvalue weighted by atomic mass is 16.8. The van der Waals surface area contributed by atoms with E-state index in [-0.39, 0.29) is 26.1 Å². The van der Waals surface area contributed by atoms with Crippen molar-refractivity contribution in [3.8, 4) is 0 Å². The average molecular weight is 723 g/mol. The number of ether oxygens (including phenoxy) is 7. The van der Waals surface area contributed by atoms with Crippen LogP contribution in [-0.2, 0) is 33.2 Å². The van der Waals surface area contributed by atoms with Crippen LogP contribution in [0.5, 0.6) is 0 Å². The Morgan fingerprint density at radius 2 is 0.755 bits per heavy atom. The molecule has 0 aromatic heterocycles. The van der Waals surface area contributed by atoms with Crippen molar-refractivity contribution in [2.45, 2.75) is 77.5 Å². The van der Waals surface area contributed by atoms with E-state index in [0.29, 0.717) is 22.3 Å². The minimum atomic E-state index is -0.943. The molecule has 0 N–H and O–H groups in total. The third kappa shape index (κ3) is 9.95. The number of carbonyl (C=O) groups excluding carboxylic acids is 4. The van der Waals surface area contributed by atoms with Crippen molar-refractivity contribution in [1.82, 2.24) is 0 Å². The summed E-state index contributed by atoms with van der Waals surface area (Å²) in [6.45, 7) is 7.24. The highest BCUT2D eigenvalue weighted by Crippen LogP contribution is 2.32. The molecule has 6 rings (SSSR count). The van der Waals surface area contributed by atoms with E-state index >= 15 is 0 Å². The van der Waals surface area contributed by atoms with E-state index in [4.69, 9.17) is 33.2 Å². The first kappa shape index (κ1) is 37.4. The molecular formula is C42H42O11. The first-order chi connectivity index (χ1) is 25.5. The fourth-order valence-electron chi connectivity index (χ4n) is 5.90. The fourth-order valence-corrected chi connectivity index (χ4v) is 5.90. The SMILES string of the molecule is Cc1ccc(C(=O)OCC2OC(OC3CC(OC(=O)c4ccc(C)cc4)C(COC(=O)c4ccc(C)cc4)O3)CC2OC(=O)c2ccc(C)cc2)cc1. The van der Waals surface area contributed by atoms with Crippen molar-refractivity contribution >= 4 is 23.9 Å². The van der Waals surface area contributed by atoms with Crippen LogP contribution in [0.1, 0.15) is 76.5 Å². The van der Waals surface area contributed by atoms with Gasteiger partial charge in [-0.2, -0.15) is 0 Å². The second kappa shape index (κ2) is 17.0. The maximum Gasteiger partial charge on any atom is 0.338 e. The number of carbonyl (C=O) groups is 4. The van der Waals surface area contributed by atoms with Crippen molar-refractivity contribution in [3.63, 3.8) is 0 Å². The number of hydrogen-bond acceptors (Lipinski definition) is 11. The Hall–Kier alpha value is -5.36. The summed E-state index contributed by atoms with van der Waals surface area (Å²) in [4.78, 5) is 51.9. The number of aryl methyl sites for hydroxylation is 4. The summed E-state index contributed by atoms with van der Waals surface area (Å²) in [5, 5.41) is 0. The number of benzene rings is 4. The molecule has 2 aliphatic heterocycles. The van der Waals surface area contributed by atoms with Crippen LogP contribution in [0.25, 0.3) is 0 Å². The molecule has 0 aliphatic carbocycles. The number of rotatable bonds is 12. The van der Waals surface area contributed by atoms with Gasteiger partial charge in [-0.1, -0.05) is 70.8 Å². The molecular weight excluding hydrogens is 680 g/mol. The molecule has 0 radical (unpaired) electrons. The van der Waals surface area contributed by atoms with Crippen molar-refractivity contribution in [1.29, 1.82) is 0 Å². The van der Waals surface area contributed by atoms with Gasteiger partial charge in [-0.05, 0) is 76.2 Å². The second-order valence-corrected chi connectivity index (χ2v) is 13.4. The van der Waals surface area contributed by atoms with Gasteiger partial charge in [0.2, 0.25) is 0 Å². The Morgan fingerprint density at radius 3 is 1.06 bits per heavy atom. The predicted octanol–water partition coefficient (Wildman–Crippen LogP) is 6.63. The lowest BCUT2D eigenvalue weighted by Crippen LogP contribution is -2.32. The normalized spacial score (nSPS) is 22.2. The maximum absolute atomic E-state index is 13.1. The Bertz CT molecular complexity index is 1750. The molecule has 4 aromatic carbocycles. The summed E-state index contributed by atoms with van der Waals surface area (Å²) in [5.41, 5.74) is 5.42. The molecule has 276 valence electrons. The van der Waals surface area contributed by atoms with Crippen molar-refractivity contribution in [2.24, 2.45) is 0 Å². The van der Waals surface area contributed by atoms with Gasteiger partial charge in [0.1, 0.15) is 37.6 Å². The van der Waals surface area contributed by atoms with Crippen LogP contribution in [0.4, 0.5) is 0 Å². The maximum atomic E-state index is 13.1. The van der Waals surface area contributed by atoms with Gasteiger partial charge in [-0.3, -0.25) is 0 Å². The molecule has 0 amide bonds. The molecule has 2 heterocycles. The van der Waals surface area contributed by atoms with Crippen LogP contribution < -0.4 is 0 Å². The van der Waals surface area contributed by atoms with Crippen molar-refractivity contribution in [2.75, 3.05) is 13.2 Å². The van der Waals surface area contributed by atoms with Crippen LogP contribution in [-0.4, -0.2) is 74.1 Å². The minimum absolute atomic E-state index is 0.102. The van der Waals surface area contributed by atoms with E-state index in [1.54, 1.807) is 48.5 Å². The molecule has 0 spiro atoms. The molecule has 11 heteroatoms. The summed E-state index contributed by atoms with van der Waals surface area (Å²) in [5.74, 6) is -2.24. The Morgan fingerprint density at radius 1 is 0.472 bits per heavy atom. The zero-order valence-corrected chi connectivity index (χ0v) is 30.0. The first-order valence-electron chi connectivity index (χ1n) is 17.5. The summed E-state index contributed by atoms with van der Waals surface area (Å²) in [6.07, 6.45) is -5.05. The van der Waals surface area contributed by atoms with Crippen LogP contribution in [0.15, 0.2) is 97.1 Å². The van der Waals surface area contributed by atoms with Gasteiger partial charge < -0.3 is 33.2 Å². The van der Waals surface area contributed by atoms with E-state index < -0.39 is 60.9 Å². The zero-order valence-electron chi connectivity index (χ0n) is 30.0. The predicted molar refractivity (Wildman–Crippen MR) is 191 cm³/mol. The summed E-state index contributed by atoms with van der Waals surface area (Å²) < 4.78 is 41.4. The smallest absolute Gasteiger partial charge is 0.338 e. The van der Waals surface area contributed by atoms with Gasteiger partial charge in [-0.15, -0.1) is 0 Å². The number of hydrogen-bond donors (Lipinski definition) is 0. The average Bonchev–Trinajstić information content (AvgIpc) is 3.72. The highest BCUT2D eigenvalue weighted by molar-refractivity contribution is 5.91. The molecule has 2 aliphatic rings. The van der Waals surface area contributed by atoms with E-state index in [2.05, 4.69) is 0 Å². The van der Waals surface area contributed by atoms with Gasteiger partial charge >= 0.3 is 23.9 Å². The van der Waals surface area contributed by atoms with E-state index in [0.717, 1.165) is 22.3 Å². The Kier molecular flexibility index (Phi) is 12.0. The first-order valence-corrected chi connectivity index (χ1v) is 17.5. The number of esters is 4. The van der Waals surface area contributed by atoms with Gasteiger partial charge in [0, 0.05) is 12.8 Å². The van der Waals surface area contributed by atoms with Crippen molar-refractivity contribution in [3.05, 3.63) is 142 Å². The van der Waals surface area contributed by atoms with Gasteiger partial charge in [-0.25, -0.2) is 19.2 Å². The van der Waals surface area contributed by atoms with E-state index in [1.807, 2.05) is 76.2 Å². The Labute approximate surface area is 308 Å². The third-order valence-corrected chi connectivity index (χ3v) is 9.06. The summed E-state index contributed by atoms with van der Waals surface area (Å²) in [6, 6.07) is 27.8. The molecule has 2 fully saturated rings. The Balaban J connectivity index is 1.13. The monoisotopic (exact) mass is 722 g/mol. The van der Waals surface area contributed by atoms with Crippen LogP contribution >= 0.6 is 0 Å². The highest BCUT2D eigenvalue weighted by Gasteiger charge is 2.45. The molecule has 0 saturated carbocycles. The van der Waals surface area contributed by atoms with Gasteiger partial charge in [0.05, 0.1) is 22.3 Å². The lowest BCUT2D eigenvalue weighted by Gasteiger charge is -2.20. The second-order valence-electron chi connectivity index (χ2n) is 13.4. The van der Waals surface area contributed by atoms with E-state index in [1.165, 1.54) is 0 Å². The van der Waals surface area contributed by atoms with E-state index in [9.17, 15) is 19.2 Å². The molecule has 6 atom stereocenters. The summed E-state index contributed by atoms with van der Waals surface area (Å²) in [7, 11) is 0. The fraction of sp³-hybridized carbons (Fsp3) is 0.333. The van der Waals surface area contributed by atoms with Gasteiger partial charge in [0.15, 0.2) is 12.6 Å². The molecule has 6 unspecified atom stereocenters. The molecule has 2 saturated heterocycles. The largest absolute Gasteiger partial charge is 0.459 e. The van der Waals surface area contributed by atoms with Crippen LogP contribution in [0, 0.1) is 27.7 Å². The molecule has 11 nitrogen and oxygen atoms in total. The third-order valence-electron chi connectivity index (χ3n) is 9.06. The summed E-state index contributed by atoms with van der Waals surface area (Å²) >= 11 is 0. The standard InChI is InChI=1S/C42H42O11/c1-25-5-13-29(14-6-25)39(43)47-23-35-33(51-41(45)31-17-9-27(3)10-18-31)21-37(49-35)53-38-22-34(52-42(46)32-19-11-28(4)12-20-32)36(50-38)24-48-40(44)30-15-7-26(2)8-16-30/h5-20,33-38H,21-24H2,1-4H3. The van der Waals surface area contributed by atoms with Crippen LogP contribution in [0.2, 0.25) is 0 Å². The lowest BCUT2D eigenvalue weighted by atomic mass is 10.1. The zero-order chi connectivity index (χ0) is 37.5. The van der Waals surface area contributed by atoms with Crippen LogP contribution in [0.3, 0.4) is 0 Å². The lowest BCUT2D eigenvalue weighted by molar-refractivity contribution is -0.237. The topological polar surface area (TPSA) is 133 Å².